The minimum atomic E-state index is -1.53. The van der Waals surface area contributed by atoms with Crippen LogP contribution in [0.4, 0.5) is 14.6 Å². The Labute approximate surface area is 93.9 Å². The average Bonchev–Trinajstić information content (AvgIpc) is 2.68. The summed E-state index contributed by atoms with van der Waals surface area (Å²) in [6.07, 6.45) is 1.23. The molecule has 0 saturated carbocycles. The molecule has 0 aliphatic carbocycles. The van der Waals surface area contributed by atoms with Gasteiger partial charge < -0.3 is 10.8 Å². The van der Waals surface area contributed by atoms with E-state index >= 15 is 0 Å². The third-order valence-corrected chi connectivity index (χ3v) is 2.27. The first-order valence-corrected chi connectivity index (χ1v) is 4.53. The van der Waals surface area contributed by atoms with Gasteiger partial charge in [-0.2, -0.15) is 5.10 Å². The number of rotatable bonds is 2. The fourth-order valence-corrected chi connectivity index (χ4v) is 1.43. The minimum absolute atomic E-state index is 0.0753. The summed E-state index contributed by atoms with van der Waals surface area (Å²) in [5.41, 5.74) is 4.78. The van der Waals surface area contributed by atoms with Crippen molar-refractivity contribution in [3.63, 3.8) is 0 Å². The fourth-order valence-electron chi connectivity index (χ4n) is 1.43. The van der Waals surface area contributed by atoms with Crippen molar-refractivity contribution < 1.29 is 18.7 Å². The molecule has 0 bridgehead atoms. The number of anilines is 1. The van der Waals surface area contributed by atoms with Crippen molar-refractivity contribution in [2.45, 2.75) is 0 Å². The van der Waals surface area contributed by atoms with Crippen LogP contribution < -0.4 is 5.73 Å². The molecule has 0 aliphatic rings. The molecule has 2 aromatic rings. The maximum atomic E-state index is 13.6. The number of carboxylic acid groups (broad SMARTS) is 1. The van der Waals surface area contributed by atoms with E-state index in [-0.39, 0.29) is 16.9 Å². The highest BCUT2D eigenvalue weighted by Gasteiger charge is 2.20. The first kappa shape index (κ1) is 11.1. The molecule has 7 heteroatoms. The summed E-state index contributed by atoms with van der Waals surface area (Å²) < 4.78 is 27.0. The van der Waals surface area contributed by atoms with Crippen LogP contribution in [0.1, 0.15) is 10.4 Å². The zero-order chi connectivity index (χ0) is 12.6. The number of hydrogen-bond acceptors (Lipinski definition) is 3. The normalized spacial score (nSPS) is 10.5. The number of nitrogen functional groups attached to an aromatic ring is 1. The molecule has 1 aromatic heterocycles. The Kier molecular flexibility index (Phi) is 2.51. The number of aromatic nitrogens is 2. The van der Waals surface area contributed by atoms with Crippen molar-refractivity contribution in [3.05, 3.63) is 35.5 Å². The van der Waals surface area contributed by atoms with Crippen LogP contribution in [0.3, 0.4) is 0 Å². The second kappa shape index (κ2) is 3.85. The van der Waals surface area contributed by atoms with Crippen LogP contribution in [-0.4, -0.2) is 21.3 Å². The number of aromatic carboxylic acids is 1. The van der Waals surface area contributed by atoms with Gasteiger partial charge in [-0.15, -0.1) is 0 Å². The zero-order valence-corrected chi connectivity index (χ0v) is 8.37. The average molecular weight is 239 g/mol. The Morgan fingerprint density at radius 2 is 2.00 bits per heavy atom. The number of benzene rings is 1. The molecule has 0 unspecified atom stereocenters. The summed E-state index contributed by atoms with van der Waals surface area (Å²) in [6, 6.07) is 2.12. The van der Waals surface area contributed by atoms with E-state index in [9.17, 15) is 13.6 Å². The second-order valence-corrected chi connectivity index (χ2v) is 3.29. The summed E-state index contributed by atoms with van der Waals surface area (Å²) in [7, 11) is 0. The predicted molar refractivity (Wildman–Crippen MR) is 55.3 cm³/mol. The molecule has 1 heterocycles. The number of carboxylic acids is 1. The lowest BCUT2D eigenvalue weighted by molar-refractivity contribution is 0.0690. The van der Waals surface area contributed by atoms with Gasteiger partial charge >= 0.3 is 5.97 Å². The van der Waals surface area contributed by atoms with Crippen molar-refractivity contribution in [3.8, 4) is 11.1 Å². The van der Waals surface area contributed by atoms with E-state index < -0.39 is 23.2 Å². The molecule has 88 valence electrons. The zero-order valence-electron chi connectivity index (χ0n) is 8.37. The van der Waals surface area contributed by atoms with Gasteiger partial charge in [0.15, 0.2) is 11.6 Å². The van der Waals surface area contributed by atoms with Gasteiger partial charge in [0.1, 0.15) is 5.82 Å². The summed E-state index contributed by atoms with van der Waals surface area (Å²) in [6.45, 7) is 0. The Bertz CT molecular complexity index is 595. The maximum Gasteiger partial charge on any atom is 0.338 e. The molecule has 5 nitrogen and oxygen atoms in total. The SMILES string of the molecule is Nc1[nH]ncc1-c1ccc(C(=O)O)c(F)c1F. The standard InChI is InChI=1S/C10H7F2N3O2/c11-7-4(6-3-14-15-9(6)13)1-2-5(8(7)12)10(16)17/h1-3H,(H,16,17)(H3,13,14,15). The van der Waals surface area contributed by atoms with E-state index in [1.54, 1.807) is 0 Å². The predicted octanol–water partition coefficient (Wildman–Crippen LogP) is 1.64. The lowest BCUT2D eigenvalue weighted by Crippen LogP contribution is -2.04. The van der Waals surface area contributed by atoms with Gasteiger partial charge in [-0.05, 0) is 6.07 Å². The summed E-state index contributed by atoms with van der Waals surface area (Å²) in [5.74, 6) is -4.15. The number of hydrogen-bond donors (Lipinski definition) is 3. The summed E-state index contributed by atoms with van der Waals surface area (Å²) >= 11 is 0. The Morgan fingerprint density at radius 3 is 2.53 bits per heavy atom. The van der Waals surface area contributed by atoms with Crippen LogP contribution >= 0.6 is 0 Å². The van der Waals surface area contributed by atoms with Gasteiger partial charge in [-0.25, -0.2) is 13.6 Å². The van der Waals surface area contributed by atoms with E-state index in [0.29, 0.717) is 0 Å². The molecule has 0 saturated heterocycles. The molecule has 0 atom stereocenters. The topological polar surface area (TPSA) is 92.0 Å². The van der Waals surface area contributed by atoms with E-state index in [4.69, 9.17) is 10.8 Å². The molecular formula is C10H7F2N3O2. The summed E-state index contributed by atoms with van der Waals surface area (Å²) in [4.78, 5) is 10.6. The second-order valence-electron chi connectivity index (χ2n) is 3.29. The number of nitrogens with one attached hydrogen (secondary N) is 1. The van der Waals surface area contributed by atoms with Gasteiger partial charge in [0.25, 0.3) is 0 Å². The number of H-pyrrole nitrogens is 1. The van der Waals surface area contributed by atoms with Gasteiger partial charge in [0, 0.05) is 11.1 Å². The van der Waals surface area contributed by atoms with Gasteiger partial charge in [-0.1, -0.05) is 6.07 Å². The quantitative estimate of drug-likeness (QED) is 0.742. The highest BCUT2D eigenvalue weighted by molar-refractivity contribution is 5.89. The number of nitrogens with zero attached hydrogens (tertiary/aromatic N) is 1. The monoisotopic (exact) mass is 239 g/mol. The third-order valence-electron chi connectivity index (χ3n) is 2.27. The van der Waals surface area contributed by atoms with Crippen molar-refractivity contribution >= 4 is 11.8 Å². The molecule has 0 spiro atoms. The van der Waals surface area contributed by atoms with Crippen LogP contribution in [0, 0.1) is 11.6 Å². The first-order chi connectivity index (χ1) is 8.02. The smallest absolute Gasteiger partial charge is 0.338 e. The van der Waals surface area contributed by atoms with E-state index in [0.717, 1.165) is 12.1 Å². The van der Waals surface area contributed by atoms with Crippen molar-refractivity contribution in [2.24, 2.45) is 0 Å². The Hall–Kier alpha value is -2.44. The third kappa shape index (κ3) is 1.71. The molecule has 2 rings (SSSR count). The molecule has 0 radical (unpaired) electrons. The first-order valence-electron chi connectivity index (χ1n) is 4.53. The Morgan fingerprint density at radius 1 is 1.29 bits per heavy atom. The van der Waals surface area contributed by atoms with E-state index in [1.807, 2.05) is 0 Å². The number of aromatic amines is 1. The van der Waals surface area contributed by atoms with Crippen molar-refractivity contribution in [1.82, 2.24) is 10.2 Å². The van der Waals surface area contributed by atoms with Gasteiger partial charge in [0.2, 0.25) is 0 Å². The minimum Gasteiger partial charge on any atom is -0.478 e. The van der Waals surface area contributed by atoms with Crippen molar-refractivity contribution in [2.75, 3.05) is 5.73 Å². The molecule has 17 heavy (non-hydrogen) atoms. The van der Waals surface area contributed by atoms with Crippen LogP contribution in [0.2, 0.25) is 0 Å². The van der Waals surface area contributed by atoms with E-state index in [2.05, 4.69) is 10.2 Å². The molecular weight excluding hydrogens is 232 g/mol. The van der Waals surface area contributed by atoms with Gasteiger partial charge in [-0.3, -0.25) is 5.10 Å². The maximum absolute atomic E-state index is 13.6. The molecule has 0 amide bonds. The number of carbonyl (C=O) groups is 1. The molecule has 0 aliphatic heterocycles. The molecule has 1 aromatic carbocycles. The van der Waals surface area contributed by atoms with Crippen molar-refractivity contribution in [1.29, 1.82) is 0 Å². The highest BCUT2D eigenvalue weighted by Crippen LogP contribution is 2.29. The van der Waals surface area contributed by atoms with Crippen LogP contribution in [0.15, 0.2) is 18.3 Å². The lowest BCUT2D eigenvalue weighted by Gasteiger charge is -2.04. The van der Waals surface area contributed by atoms with E-state index in [1.165, 1.54) is 6.20 Å². The largest absolute Gasteiger partial charge is 0.478 e. The summed E-state index contributed by atoms with van der Waals surface area (Å²) in [5, 5.41) is 14.6. The van der Waals surface area contributed by atoms with Gasteiger partial charge in [0.05, 0.1) is 11.8 Å². The number of halogens is 2. The van der Waals surface area contributed by atoms with Crippen LogP contribution in [0.25, 0.3) is 11.1 Å². The highest BCUT2D eigenvalue weighted by atomic mass is 19.2. The van der Waals surface area contributed by atoms with Crippen LogP contribution in [-0.2, 0) is 0 Å². The lowest BCUT2D eigenvalue weighted by atomic mass is 10.0. The Balaban J connectivity index is 2.63. The fraction of sp³-hybridized carbons (Fsp3) is 0. The molecule has 4 N–H and O–H groups in total. The van der Waals surface area contributed by atoms with Crippen LogP contribution in [0.5, 0.6) is 0 Å². The number of nitrogens with two attached hydrogens (primary N) is 1. The molecule has 0 fully saturated rings.